The SMILES string of the molecule is Cc1ccccc1[C@@H](NC(=O)N1CCC[C@H](CC(N)=O)C1)C1CC1. The molecule has 5 nitrogen and oxygen atoms in total. The van der Waals surface area contributed by atoms with Crippen LogP contribution in [0.15, 0.2) is 24.3 Å². The minimum Gasteiger partial charge on any atom is -0.370 e. The summed E-state index contributed by atoms with van der Waals surface area (Å²) in [7, 11) is 0. The molecule has 1 aromatic carbocycles. The summed E-state index contributed by atoms with van der Waals surface area (Å²) in [5.74, 6) is 0.458. The van der Waals surface area contributed by atoms with Crippen LogP contribution in [-0.4, -0.2) is 29.9 Å². The number of primary amides is 1. The van der Waals surface area contributed by atoms with Gasteiger partial charge in [-0.25, -0.2) is 4.79 Å². The summed E-state index contributed by atoms with van der Waals surface area (Å²) < 4.78 is 0. The molecule has 3 N–H and O–H groups in total. The summed E-state index contributed by atoms with van der Waals surface area (Å²) in [4.78, 5) is 25.8. The van der Waals surface area contributed by atoms with Crippen molar-refractivity contribution in [1.82, 2.24) is 10.2 Å². The first-order chi connectivity index (χ1) is 11.5. The summed E-state index contributed by atoms with van der Waals surface area (Å²) >= 11 is 0. The van der Waals surface area contributed by atoms with Crippen LogP contribution < -0.4 is 11.1 Å². The molecule has 24 heavy (non-hydrogen) atoms. The van der Waals surface area contributed by atoms with Gasteiger partial charge >= 0.3 is 6.03 Å². The van der Waals surface area contributed by atoms with Gasteiger partial charge in [0.15, 0.2) is 0 Å². The predicted molar refractivity (Wildman–Crippen MR) is 93.3 cm³/mol. The topological polar surface area (TPSA) is 75.4 Å². The highest BCUT2D eigenvalue weighted by atomic mass is 16.2. The number of nitrogens with two attached hydrogens (primary N) is 1. The first kappa shape index (κ1) is 16.8. The maximum Gasteiger partial charge on any atom is 0.317 e. The molecule has 0 aromatic heterocycles. The van der Waals surface area contributed by atoms with Crippen LogP contribution >= 0.6 is 0 Å². The average Bonchev–Trinajstić information content (AvgIpc) is 3.37. The van der Waals surface area contributed by atoms with E-state index in [0.717, 1.165) is 19.4 Å². The lowest BCUT2D eigenvalue weighted by molar-refractivity contribution is -0.119. The van der Waals surface area contributed by atoms with Crippen molar-refractivity contribution < 1.29 is 9.59 Å². The normalized spacial score (nSPS) is 22.0. The summed E-state index contributed by atoms with van der Waals surface area (Å²) in [6, 6.07) is 8.36. The Balaban J connectivity index is 1.66. The Labute approximate surface area is 143 Å². The molecule has 2 fully saturated rings. The monoisotopic (exact) mass is 329 g/mol. The number of carbonyl (C=O) groups excluding carboxylic acids is 2. The van der Waals surface area contributed by atoms with E-state index in [1.165, 1.54) is 24.0 Å². The fraction of sp³-hybridized carbons (Fsp3) is 0.579. The van der Waals surface area contributed by atoms with Crippen molar-refractivity contribution in [3.63, 3.8) is 0 Å². The minimum atomic E-state index is -0.280. The van der Waals surface area contributed by atoms with Crippen molar-refractivity contribution in [1.29, 1.82) is 0 Å². The highest BCUT2D eigenvalue weighted by molar-refractivity contribution is 5.76. The van der Waals surface area contributed by atoms with E-state index >= 15 is 0 Å². The molecule has 2 aliphatic rings. The minimum absolute atomic E-state index is 0.00989. The quantitative estimate of drug-likeness (QED) is 0.871. The maximum atomic E-state index is 12.8. The molecule has 0 spiro atoms. The summed E-state index contributed by atoms with van der Waals surface area (Å²) in [5.41, 5.74) is 7.75. The largest absolute Gasteiger partial charge is 0.370 e. The van der Waals surface area contributed by atoms with Gasteiger partial charge in [0.05, 0.1) is 6.04 Å². The second kappa shape index (κ2) is 7.24. The van der Waals surface area contributed by atoms with Crippen LogP contribution in [0.5, 0.6) is 0 Å². The molecule has 1 saturated carbocycles. The van der Waals surface area contributed by atoms with Gasteiger partial charge in [0.2, 0.25) is 5.91 Å². The number of benzene rings is 1. The number of piperidine rings is 1. The van der Waals surface area contributed by atoms with E-state index in [1.807, 2.05) is 17.0 Å². The van der Waals surface area contributed by atoms with E-state index in [4.69, 9.17) is 5.73 Å². The number of carbonyl (C=O) groups is 2. The van der Waals surface area contributed by atoms with Gasteiger partial charge in [-0.15, -0.1) is 0 Å². The number of aryl methyl sites for hydroxylation is 1. The molecule has 3 amide bonds. The second-order valence-corrected chi connectivity index (χ2v) is 7.25. The smallest absolute Gasteiger partial charge is 0.317 e. The van der Waals surface area contributed by atoms with Crippen LogP contribution in [0.25, 0.3) is 0 Å². The van der Waals surface area contributed by atoms with Crippen LogP contribution in [0.2, 0.25) is 0 Å². The Morgan fingerprint density at radius 2 is 2.04 bits per heavy atom. The van der Waals surface area contributed by atoms with Crippen LogP contribution in [0, 0.1) is 18.8 Å². The van der Waals surface area contributed by atoms with Gasteiger partial charge < -0.3 is 16.0 Å². The lowest BCUT2D eigenvalue weighted by Crippen LogP contribution is -2.47. The molecule has 0 radical (unpaired) electrons. The third-order valence-corrected chi connectivity index (χ3v) is 5.19. The standard InChI is InChI=1S/C19H27N3O2/c1-13-5-2-3-7-16(13)18(15-8-9-15)21-19(24)22-10-4-6-14(12-22)11-17(20)23/h2-3,5,7,14-15,18H,4,6,8-12H2,1H3,(H2,20,23)(H,21,24)/t14-,18+/m1/s1. The van der Waals surface area contributed by atoms with Gasteiger partial charge in [-0.2, -0.15) is 0 Å². The van der Waals surface area contributed by atoms with Crippen LogP contribution in [0.1, 0.15) is 49.3 Å². The fourth-order valence-corrected chi connectivity index (χ4v) is 3.74. The summed E-state index contributed by atoms with van der Waals surface area (Å²) in [6.45, 7) is 3.48. The average molecular weight is 329 g/mol. The molecule has 1 heterocycles. The van der Waals surface area contributed by atoms with E-state index < -0.39 is 0 Å². The number of nitrogens with zero attached hydrogens (tertiary/aromatic N) is 1. The van der Waals surface area contributed by atoms with Crippen molar-refractivity contribution in [2.45, 2.75) is 45.1 Å². The van der Waals surface area contributed by atoms with Gasteiger partial charge in [0.1, 0.15) is 0 Å². The number of urea groups is 1. The van der Waals surface area contributed by atoms with Gasteiger partial charge in [-0.1, -0.05) is 24.3 Å². The molecule has 0 unspecified atom stereocenters. The number of nitrogens with one attached hydrogen (secondary N) is 1. The lowest BCUT2D eigenvalue weighted by atomic mass is 9.94. The molecular formula is C19H27N3O2. The third-order valence-electron chi connectivity index (χ3n) is 5.19. The van der Waals surface area contributed by atoms with Crippen molar-refractivity contribution >= 4 is 11.9 Å². The van der Waals surface area contributed by atoms with E-state index in [2.05, 4.69) is 24.4 Å². The maximum absolute atomic E-state index is 12.8. The number of likely N-dealkylation sites (tertiary alicyclic amines) is 1. The number of hydrogen-bond donors (Lipinski definition) is 2. The number of amides is 3. The predicted octanol–water partition coefficient (Wildman–Crippen LogP) is 2.74. The van der Waals surface area contributed by atoms with E-state index in [1.54, 1.807) is 0 Å². The van der Waals surface area contributed by atoms with E-state index in [9.17, 15) is 9.59 Å². The Hall–Kier alpha value is -2.04. The highest BCUT2D eigenvalue weighted by Gasteiger charge is 2.35. The molecule has 0 bridgehead atoms. The molecular weight excluding hydrogens is 302 g/mol. The molecule has 5 heteroatoms. The fourth-order valence-electron chi connectivity index (χ4n) is 3.74. The molecule has 1 aliphatic heterocycles. The number of rotatable bonds is 5. The third kappa shape index (κ3) is 4.08. The van der Waals surface area contributed by atoms with E-state index in [0.29, 0.717) is 18.9 Å². The van der Waals surface area contributed by atoms with Crippen LogP contribution in [-0.2, 0) is 4.79 Å². The number of hydrogen-bond acceptors (Lipinski definition) is 2. The molecule has 3 rings (SSSR count). The first-order valence-electron chi connectivity index (χ1n) is 8.94. The molecule has 2 atom stereocenters. The van der Waals surface area contributed by atoms with Crippen molar-refractivity contribution in [3.8, 4) is 0 Å². The van der Waals surface area contributed by atoms with Gasteiger partial charge in [-0.05, 0) is 55.6 Å². The van der Waals surface area contributed by atoms with E-state index in [-0.39, 0.29) is 23.9 Å². The molecule has 1 aromatic rings. The zero-order chi connectivity index (χ0) is 17.1. The summed E-state index contributed by atoms with van der Waals surface area (Å²) in [5, 5.41) is 3.25. The highest BCUT2D eigenvalue weighted by Crippen LogP contribution is 2.42. The zero-order valence-electron chi connectivity index (χ0n) is 14.3. The van der Waals surface area contributed by atoms with Gasteiger partial charge in [-0.3, -0.25) is 4.79 Å². The lowest BCUT2D eigenvalue weighted by Gasteiger charge is -2.34. The molecule has 1 saturated heterocycles. The zero-order valence-corrected chi connectivity index (χ0v) is 14.3. The van der Waals surface area contributed by atoms with Crippen LogP contribution in [0.3, 0.4) is 0 Å². The molecule has 1 aliphatic carbocycles. The summed E-state index contributed by atoms with van der Waals surface area (Å²) in [6.07, 6.45) is 4.61. The Bertz CT molecular complexity index is 612. The van der Waals surface area contributed by atoms with Crippen molar-refractivity contribution in [3.05, 3.63) is 35.4 Å². The second-order valence-electron chi connectivity index (χ2n) is 7.25. The van der Waals surface area contributed by atoms with Crippen molar-refractivity contribution in [2.75, 3.05) is 13.1 Å². The first-order valence-corrected chi connectivity index (χ1v) is 8.94. The van der Waals surface area contributed by atoms with Gasteiger partial charge in [0.25, 0.3) is 0 Å². The Kier molecular flexibility index (Phi) is 5.07. The van der Waals surface area contributed by atoms with Crippen molar-refractivity contribution in [2.24, 2.45) is 17.6 Å². The molecule has 130 valence electrons. The van der Waals surface area contributed by atoms with Gasteiger partial charge in [0, 0.05) is 19.5 Å². The Morgan fingerprint density at radius 3 is 2.71 bits per heavy atom. The Morgan fingerprint density at radius 1 is 1.29 bits per heavy atom. The van der Waals surface area contributed by atoms with Crippen LogP contribution in [0.4, 0.5) is 4.79 Å².